The van der Waals surface area contributed by atoms with Gasteiger partial charge < -0.3 is 10.0 Å². The summed E-state index contributed by atoms with van der Waals surface area (Å²) >= 11 is 0. The van der Waals surface area contributed by atoms with Crippen molar-refractivity contribution < 1.29 is 24.3 Å². The first-order valence-electron chi connectivity index (χ1n) is 12.0. The molecule has 33 heavy (non-hydrogen) atoms. The number of hydrogen-bond donors (Lipinski definition) is 1. The number of Topliss-reactive ketones (excluding diaryl/α,β-unsaturated/α-hetero) is 4. The number of benzene rings is 1. The van der Waals surface area contributed by atoms with Gasteiger partial charge in [0.25, 0.3) is 0 Å². The zero-order valence-corrected chi connectivity index (χ0v) is 20.7. The smallest absolute Gasteiger partial charge is 0.144 e. The van der Waals surface area contributed by atoms with Gasteiger partial charge in [0, 0.05) is 56.4 Å². The molecule has 0 aliphatic heterocycles. The molecule has 1 aromatic rings. The molecule has 2 saturated carbocycles. The lowest BCUT2D eigenvalue weighted by Gasteiger charge is -2.41. The molecule has 0 bridgehead atoms. The number of nitrogens with zero attached hydrogens (tertiary/aromatic N) is 1. The maximum atomic E-state index is 13.3. The molecular formula is C27H37NO5. The van der Waals surface area contributed by atoms with Crippen LogP contribution in [0.3, 0.4) is 0 Å². The van der Waals surface area contributed by atoms with E-state index in [1.807, 2.05) is 47.6 Å². The summed E-state index contributed by atoms with van der Waals surface area (Å²) in [5, 5.41) is 11.0. The monoisotopic (exact) mass is 455 g/mol. The number of hydrogen-bond acceptors (Lipinski definition) is 6. The van der Waals surface area contributed by atoms with Crippen LogP contribution in [0.15, 0.2) is 18.2 Å². The van der Waals surface area contributed by atoms with E-state index >= 15 is 0 Å². The lowest BCUT2D eigenvalue weighted by atomic mass is 9.59. The second-order valence-electron chi connectivity index (χ2n) is 11.3. The van der Waals surface area contributed by atoms with Crippen molar-refractivity contribution >= 4 is 28.8 Å². The molecule has 2 aliphatic rings. The Hall–Kier alpha value is -2.50. The topological polar surface area (TPSA) is 91.8 Å². The van der Waals surface area contributed by atoms with Crippen LogP contribution in [0, 0.1) is 22.7 Å². The van der Waals surface area contributed by atoms with Gasteiger partial charge in [0.2, 0.25) is 0 Å². The highest BCUT2D eigenvalue weighted by atomic mass is 16.3. The van der Waals surface area contributed by atoms with Crippen LogP contribution in [0.2, 0.25) is 0 Å². The average Bonchev–Trinajstić information content (AvgIpc) is 2.65. The summed E-state index contributed by atoms with van der Waals surface area (Å²) in [5.41, 5.74) is 0.243. The Morgan fingerprint density at radius 1 is 0.818 bits per heavy atom. The maximum Gasteiger partial charge on any atom is 0.144 e. The average molecular weight is 456 g/mol. The first-order valence-corrected chi connectivity index (χ1v) is 12.0. The number of phenolic OH excluding ortho intramolecular Hbond substituents is 1. The molecule has 0 atom stereocenters. The summed E-state index contributed by atoms with van der Waals surface area (Å²) in [6, 6.07) is 5.13. The van der Waals surface area contributed by atoms with E-state index in [1.165, 1.54) is 0 Å². The van der Waals surface area contributed by atoms with E-state index in [-0.39, 0.29) is 54.6 Å². The summed E-state index contributed by atoms with van der Waals surface area (Å²) in [7, 11) is 0. The van der Waals surface area contributed by atoms with Crippen LogP contribution in [-0.2, 0) is 19.2 Å². The van der Waals surface area contributed by atoms with Gasteiger partial charge in [-0.1, -0.05) is 33.8 Å². The lowest BCUT2D eigenvalue weighted by molar-refractivity contribution is -0.145. The van der Waals surface area contributed by atoms with Gasteiger partial charge in [-0.25, -0.2) is 0 Å². The Kier molecular flexibility index (Phi) is 6.88. The third-order valence-corrected chi connectivity index (χ3v) is 7.22. The van der Waals surface area contributed by atoms with E-state index in [0.717, 1.165) is 18.8 Å². The van der Waals surface area contributed by atoms with Crippen molar-refractivity contribution in [1.82, 2.24) is 0 Å². The molecule has 1 aromatic carbocycles. The minimum atomic E-state index is -1.10. The van der Waals surface area contributed by atoms with Crippen molar-refractivity contribution in [2.45, 2.75) is 73.1 Å². The van der Waals surface area contributed by atoms with Crippen LogP contribution in [0.4, 0.5) is 5.69 Å². The van der Waals surface area contributed by atoms with Crippen molar-refractivity contribution in [3.8, 4) is 5.75 Å². The van der Waals surface area contributed by atoms with Crippen LogP contribution in [0.1, 0.15) is 78.7 Å². The lowest BCUT2D eigenvalue weighted by Crippen LogP contribution is -2.48. The standard InChI is InChI=1S/C27H37NO5/c1-7-28(8-2)16-9-10-17(18(29)11-16)23(24-19(30)12-26(3,4)13-20(24)31)25-21(32)14-27(5,6)15-22(25)33/h9-11,23-25,29H,7-8,12-15H2,1-6H3. The van der Waals surface area contributed by atoms with Crippen molar-refractivity contribution in [2.24, 2.45) is 22.7 Å². The van der Waals surface area contributed by atoms with Crippen molar-refractivity contribution in [3.63, 3.8) is 0 Å². The molecule has 0 saturated heterocycles. The first-order chi connectivity index (χ1) is 15.3. The zero-order chi connectivity index (χ0) is 24.7. The molecule has 0 spiro atoms. The summed E-state index contributed by atoms with van der Waals surface area (Å²) in [5.74, 6) is -4.25. The predicted molar refractivity (Wildman–Crippen MR) is 127 cm³/mol. The highest BCUT2D eigenvalue weighted by Crippen LogP contribution is 2.49. The fourth-order valence-electron chi connectivity index (χ4n) is 5.76. The van der Waals surface area contributed by atoms with E-state index in [0.29, 0.717) is 5.56 Å². The van der Waals surface area contributed by atoms with Crippen LogP contribution in [0.25, 0.3) is 0 Å². The molecule has 0 unspecified atom stereocenters. The largest absolute Gasteiger partial charge is 0.508 e. The van der Waals surface area contributed by atoms with Gasteiger partial charge in [-0.2, -0.15) is 0 Å². The molecule has 0 aromatic heterocycles. The Balaban J connectivity index is 2.13. The van der Waals surface area contributed by atoms with Crippen LogP contribution in [0.5, 0.6) is 5.75 Å². The number of ketones is 4. The van der Waals surface area contributed by atoms with Gasteiger partial charge in [-0.3, -0.25) is 19.2 Å². The third-order valence-electron chi connectivity index (χ3n) is 7.22. The number of aromatic hydroxyl groups is 1. The Morgan fingerprint density at radius 3 is 1.55 bits per heavy atom. The molecule has 0 heterocycles. The number of phenols is 1. The molecule has 2 fully saturated rings. The van der Waals surface area contributed by atoms with E-state index < -0.39 is 28.6 Å². The quantitative estimate of drug-likeness (QED) is 0.636. The van der Waals surface area contributed by atoms with Crippen LogP contribution >= 0.6 is 0 Å². The van der Waals surface area contributed by atoms with Crippen molar-refractivity contribution in [1.29, 1.82) is 0 Å². The Labute approximate surface area is 196 Å². The molecule has 6 nitrogen and oxygen atoms in total. The SMILES string of the molecule is CCN(CC)c1ccc(C(C2C(=O)CC(C)(C)CC2=O)C2C(=O)CC(C)(C)CC2=O)c(O)c1. The van der Waals surface area contributed by atoms with Gasteiger partial charge >= 0.3 is 0 Å². The van der Waals surface area contributed by atoms with Crippen molar-refractivity contribution in [2.75, 3.05) is 18.0 Å². The molecule has 0 amide bonds. The molecule has 2 aliphatic carbocycles. The molecular weight excluding hydrogens is 418 g/mol. The van der Waals surface area contributed by atoms with E-state index in [1.54, 1.807) is 12.1 Å². The van der Waals surface area contributed by atoms with Crippen LogP contribution in [-0.4, -0.2) is 41.3 Å². The van der Waals surface area contributed by atoms with E-state index in [4.69, 9.17) is 0 Å². The summed E-state index contributed by atoms with van der Waals surface area (Å²) in [6.07, 6.45) is 0.829. The molecule has 6 heteroatoms. The highest BCUT2D eigenvalue weighted by molar-refractivity contribution is 6.11. The third kappa shape index (κ3) is 5.04. The van der Waals surface area contributed by atoms with E-state index in [2.05, 4.69) is 4.90 Å². The van der Waals surface area contributed by atoms with E-state index in [9.17, 15) is 24.3 Å². The number of carbonyl (C=O) groups excluding carboxylic acids is 4. The second kappa shape index (κ2) is 9.03. The number of carbonyl (C=O) groups is 4. The predicted octanol–water partition coefficient (Wildman–Crippen LogP) is 4.47. The normalized spacial score (nSPS) is 21.7. The van der Waals surface area contributed by atoms with Gasteiger partial charge in [-0.05, 0) is 36.3 Å². The minimum Gasteiger partial charge on any atom is -0.508 e. The number of rotatable bonds is 6. The number of anilines is 1. The Morgan fingerprint density at radius 2 is 1.21 bits per heavy atom. The molecule has 3 rings (SSSR count). The van der Waals surface area contributed by atoms with Gasteiger partial charge in [-0.15, -0.1) is 0 Å². The summed E-state index contributed by atoms with van der Waals surface area (Å²) in [6.45, 7) is 13.0. The maximum absolute atomic E-state index is 13.3. The van der Waals surface area contributed by atoms with Gasteiger partial charge in [0.1, 0.15) is 28.9 Å². The Bertz CT molecular complexity index is 885. The highest BCUT2D eigenvalue weighted by Gasteiger charge is 2.52. The van der Waals surface area contributed by atoms with Gasteiger partial charge in [0.15, 0.2) is 0 Å². The fraction of sp³-hybridized carbons (Fsp3) is 0.630. The molecule has 0 radical (unpaired) electrons. The summed E-state index contributed by atoms with van der Waals surface area (Å²) in [4.78, 5) is 55.1. The molecule has 1 N–H and O–H groups in total. The molecule has 180 valence electrons. The fourth-order valence-corrected chi connectivity index (χ4v) is 5.76. The minimum absolute atomic E-state index is 0.0831. The van der Waals surface area contributed by atoms with Crippen molar-refractivity contribution in [3.05, 3.63) is 23.8 Å². The second-order valence-corrected chi connectivity index (χ2v) is 11.3. The van der Waals surface area contributed by atoms with Gasteiger partial charge in [0.05, 0.1) is 11.8 Å². The first kappa shape index (κ1) is 25.1. The zero-order valence-electron chi connectivity index (χ0n) is 20.7. The summed E-state index contributed by atoms with van der Waals surface area (Å²) < 4.78 is 0. The van der Waals surface area contributed by atoms with Crippen LogP contribution < -0.4 is 4.90 Å².